The third kappa shape index (κ3) is 2.96. The van der Waals surface area contributed by atoms with Crippen LogP contribution in [0.15, 0.2) is 12.1 Å². The molecule has 1 aromatic heterocycles. The third-order valence-corrected chi connectivity index (χ3v) is 2.91. The van der Waals surface area contributed by atoms with E-state index in [9.17, 15) is 9.59 Å². The number of piperazine rings is 1. The average molecular weight is 269 g/mol. The second kappa shape index (κ2) is 5.32. The molecule has 18 heavy (non-hydrogen) atoms. The van der Waals surface area contributed by atoms with Crippen molar-refractivity contribution in [2.45, 2.75) is 6.54 Å². The topological polar surface area (TPSA) is 74.3 Å². The number of nitrogens with zero attached hydrogens (tertiary/aromatic N) is 2. The zero-order valence-corrected chi connectivity index (χ0v) is 10.6. The lowest BCUT2D eigenvalue weighted by atomic mass is 10.2. The van der Waals surface area contributed by atoms with Gasteiger partial charge in [0.2, 0.25) is 11.8 Å². The van der Waals surface area contributed by atoms with Crippen LogP contribution >= 0.6 is 11.6 Å². The van der Waals surface area contributed by atoms with Crippen molar-refractivity contribution in [1.29, 1.82) is 0 Å². The van der Waals surface area contributed by atoms with Crippen molar-refractivity contribution in [2.24, 2.45) is 0 Å². The van der Waals surface area contributed by atoms with Crippen LogP contribution in [0.25, 0.3) is 0 Å². The first-order chi connectivity index (χ1) is 8.58. The smallest absolute Gasteiger partial charge is 0.240 e. The van der Waals surface area contributed by atoms with Crippen molar-refractivity contribution >= 4 is 29.2 Å². The van der Waals surface area contributed by atoms with E-state index in [4.69, 9.17) is 11.6 Å². The molecule has 1 saturated heterocycles. The Labute approximate surface area is 109 Å². The van der Waals surface area contributed by atoms with Crippen LogP contribution in [0.3, 0.4) is 0 Å². The Bertz CT molecular complexity index is 476. The number of rotatable bonds is 3. The first-order valence-corrected chi connectivity index (χ1v) is 5.84. The van der Waals surface area contributed by atoms with Crippen LogP contribution in [0.4, 0.5) is 5.82 Å². The highest BCUT2D eigenvalue weighted by Gasteiger charge is 2.23. The van der Waals surface area contributed by atoms with Crippen LogP contribution < -0.4 is 10.6 Å². The molecule has 1 fully saturated rings. The van der Waals surface area contributed by atoms with Crippen molar-refractivity contribution in [3.8, 4) is 0 Å². The van der Waals surface area contributed by atoms with Gasteiger partial charge in [0, 0.05) is 13.6 Å². The molecule has 2 N–H and O–H groups in total. The molecule has 1 aromatic rings. The molecule has 2 amide bonds. The molecule has 6 nitrogen and oxygen atoms in total. The Hall–Kier alpha value is -1.66. The average Bonchev–Trinajstić information content (AvgIpc) is 2.30. The molecule has 1 aliphatic rings. The van der Waals surface area contributed by atoms with Crippen LogP contribution in [0.5, 0.6) is 0 Å². The van der Waals surface area contributed by atoms with E-state index in [-0.39, 0.29) is 24.9 Å². The Kier molecular flexibility index (Phi) is 3.78. The molecule has 1 aliphatic heterocycles. The quantitative estimate of drug-likeness (QED) is 0.768. The lowest BCUT2D eigenvalue weighted by Crippen LogP contribution is -2.51. The number of imide groups is 1. The van der Waals surface area contributed by atoms with E-state index in [0.29, 0.717) is 23.1 Å². The number of nitrogens with one attached hydrogen (secondary N) is 2. The summed E-state index contributed by atoms with van der Waals surface area (Å²) < 4.78 is 0. The number of carbonyl (C=O) groups is 2. The fourth-order valence-electron chi connectivity index (χ4n) is 1.75. The van der Waals surface area contributed by atoms with Crippen molar-refractivity contribution in [2.75, 3.05) is 25.5 Å². The lowest BCUT2D eigenvalue weighted by molar-refractivity contribution is -0.136. The highest BCUT2D eigenvalue weighted by Crippen LogP contribution is 2.18. The Morgan fingerprint density at radius 3 is 2.67 bits per heavy atom. The second-order valence-electron chi connectivity index (χ2n) is 3.99. The van der Waals surface area contributed by atoms with Gasteiger partial charge in [-0.3, -0.25) is 19.8 Å². The molecular formula is C11H13ClN4O2. The second-order valence-corrected chi connectivity index (χ2v) is 4.40. The van der Waals surface area contributed by atoms with Crippen molar-refractivity contribution in [1.82, 2.24) is 15.2 Å². The fraction of sp³-hybridized carbons (Fsp3) is 0.364. The van der Waals surface area contributed by atoms with Crippen molar-refractivity contribution in [3.63, 3.8) is 0 Å². The van der Waals surface area contributed by atoms with E-state index in [1.165, 1.54) is 0 Å². The largest absolute Gasteiger partial charge is 0.373 e. The molecular weight excluding hydrogens is 256 g/mol. The minimum absolute atomic E-state index is 0.174. The van der Waals surface area contributed by atoms with Gasteiger partial charge in [-0.1, -0.05) is 11.6 Å². The van der Waals surface area contributed by atoms with Gasteiger partial charge in [-0.15, -0.1) is 0 Å². The summed E-state index contributed by atoms with van der Waals surface area (Å²) in [7, 11) is 1.76. The molecule has 0 bridgehead atoms. The minimum Gasteiger partial charge on any atom is -0.373 e. The highest BCUT2D eigenvalue weighted by atomic mass is 35.5. The van der Waals surface area contributed by atoms with Gasteiger partial charge in [-0.05, 0) is 12.1 Å². The molecule has 2 heterocycles. The van der Waals surface area contributed by atoms with E-state index in [1.54, 1.807) is 24.1 Å². The van der Waals surface area contributed by atoms with Crippen LogP contribution in [0.2, 0.25) is 5.02 Å². The molecule has 7 heteroatoms. The van der Waals surface area contributed by atoms with Crippen molar-refractivity contribution < 1.29 is 9.59 Å². The Morgan fingerprint density at radius 2 is 2.06 bits per heavy atom. The van der Waals surface area contributed by atoms with Crippen LogP contribution in [0.1, 0.15) is 5.69 Å². The van der Waals surface area contributed by atoms with E-state index in [0.717, 1.165) is 0 Å². The van der Waals surface area contributed by atoms with E-state index < -0.39 is 0 Å². The zero-order chi connectivity index (χ0) is 13.1. The number of hydrogen-bond acceptors (Lipinski definition) is 5. The lowest BCUT2D eigenvalue weighted by Gasteiger charge is -2.25. The monoisotopic (exact) mass is 268 g/mol. The number of amides is 2. The standard InChI is InChI=1S/C11H13ClN4O2/c1-13-9-3-2-7(12)8(14-9)4-16-5-10(17)15-11(18)6-16/h2-3H,4-6H2,1H3,(H,13,14)(H,15,17,18). The van der Waals surface area contributed by atoms with Gasteiger partial charge in [-0.25, -0.2) is 4.98 Å². The molecule has 0 radical (unpaired) electrons. The summed E-state index contributed by atoms with van der Waals surface area (Å²) in [6, 6.07) is 3.50. The third-order valence-electron chi connectivity index (χ3n) is 2.56. The first-order valence-electron chi connectivity index (χ1n) is 5.46. The van der Waals surface area contributed by atoms with Gasteiger partial charge in [0.15, 0.2) is 0 Å². The van der Waals surface area contributed by atoms with Crippen LogP contribution in [-0.4, -0.2) is 41.8 Å². The van der Waals surface area contributed by atoms with Crippen molar-refractivity contribution in [3.05, 3.63) is 22.8 Å². The maximum Gasteiger partial charge on any atom is 0.240 e. The van der Waals surface area contributed by atoms with E-state index in [2.05, 4.69) is 15.6 Å². The fourth-order valence-corrected chi connectivity index (χ4v) is 1.92. The summed E-state index contributed by atoms with van der Waals surface area (Å²) in [6.45, 7) is 0.717. The molecule has 0 saturated carbocycles. The van der Waals surface area contributed by atoms with Gasteiger partial charge < -0.3 is 5.32 Å². The molecule has 2 rings (SSSR count). The number of anilines is 1. The molecule has 0 aromatic carbocycles. The molecule has 0 atom stereocenters. The maximum atomic E-state index is 11.2. The normalized spacial score (nSPS) is 16.6. The summed E-state index contributed by atoms with van der Waals surface area (Å²) in [4.78, 5) is 28.5. The summed E-state index contributed by atoms with van der Waals surface area (Å²) in [5.41, 5.74) is 0.644. The van der Waals surface area contributed by atoms with Gasteiger partial charge in [0.25, 0.3) is 0 Å². The summed E-state index contributed by atoms with van der Waals surface area (Å²) in [5.74, 6) is 0.0986. The van der Waals surface area contributed by atoms with E-state index >= 15 is 0 Å². The summed E-state index contributed by atoms with van der Waals surface area (Å²) in [5, 5.41) is 5.68. The first kappa shape index (κ1) is 12.8. The zero-order valence-electron chi connectivity index (χ0n) is 9.86. The van der Waals surface area contributed by atoms with Gasteiger partial charge in [-0.2, -0.15) is 0 Å². The molecule has 0 aliphatic carbocycles. The minimum atomic E-state index is -0.299. The van der Waals surface area contributed by atoms with E-state index in [1.807, 2.05) is 0 Å². The van der Waals surface area contributed by atoms with Gasteiger partial charge >= 0.3 is 0 Å². The SMILES string of the molecule is CNc1ccc(Cl)c(CN2CC(=O)NC(=O)C2)n1. The van der Waals surface area contributed by atoms with Crippen LogP contribution in [-0.2, 0) is 16.1 Å². The summed E-state index contributed by atoms with van der Waals surface area (Å²) >= 11 is 6.04. The predicted molar refractivity (Wildman–Crippen MR) is 67.2 cm³/mol. The van der Waals surface area contributed by atoms with Crippen LogP contribution in [0, 0.1) is 0 Å². The number of aromatic nitrogens is 1. The maximum absolute atomic E-state index is 11.2. The highest BCUT2D eigenvalue weighted by molar-refractivity contribution is 6.31. The number of hydrogen-bond donors (Lipinski definition) is 2. The Morgan fingerprint density at radius 1 is 1.39 bits per heavy atom. The number of halogens is 1. The number of pyridine rings is 1. The molecule has 0 unspecified atom stereocenters. The van der Waals surface area contributed by atoms with Gasteiger partial charge in [0.05, 0.1) is 23.8 Å². The molecule has 0 spiro atoms. The number of carbonyl (C=O) groups excluding carboxylic acids is 2. The molecule has 96 valence electrons. The Balaban J connectivity index is 2.13. The predicted octanol–water partition coefficient (Wildman–Crippen LogP) is 0.235. The summed E-state index contributed by atoms with van der Waals surface area (Å²) in [6.07, 6.45) is 0. The van der Waals surface area contributed by atoms with Gasteiger partial charge in [0.1, 0.15) is 5.82 Å².